The van der Waals surface area contributed by atoms with Crippen molar-refractivity contribution < 1.29 is 4.79 Å². The van der Waals surface area contributed by atoms with Crippen molar-refractivity contribution in [3.05, 3.63) is 87.9 Å². The molecular weight excluding hydrogens is 491 g/mol. The van der Waals surface area contributed by atoms with E-state index in [2.05, 4.69) is 35.2 Å². The van der Waals surface area contributed by atoms with E-state index in [1.807, 2.05) is 48.2 Å². The first-order chi connectivity index (χ1) is 17.4. The van der Waals surface area contributed by atoms with Crippen molar-refractivity contribution in [1.29, 1.82) is 5.26 Å². The van der Waals surface area contributed by atoms with Crippen molar-refractivity contribution in [1.82, 2.24) is 9.80 Å². The molecule has 1 saturated heterocycles. The minimum Gasteiger partial charge on any atom is -0.302 e. The number of nitrogens with zero attached hydrogens (tertiary/aromatic N) is 4. The summed E-state index contributed by atoms with van der Waals surface area (Å²) in [6.07, 6.45) is 2.33. The number of halogens is 2. The van der Waals surface area contributed by atoms with Crippen molar-refractivity contribution in [2.75, 3.05) is 45.2 Å². The first kappa shape index (κ1) is 26.2. The summed E-state index contributed by atoms with van der Waals surface area (Å²) in [4.78, 5) is 19.8. The SMILES string of the molecule is CN(C)CC(=O)N(c1ccc(Cl)c(Cl)c1)C(CN1CCCC1)c1ccc(-c2cccc(C#N)c2)cc1. The zero-order valence-electron chi connectivity index (χ0n) is 20.6. The first-order valence-electron chi connectivity index (χ1n) is 12.1. The Labute approximate surface area is 223 Å². The molecule has 0 saturated carbocycles. The Morgan fingerprint density at radius 3 is 2.33 bits per heavy atom. The maximum Gasteiger partial charge on any atom is 0.241 e. The summed E-state index contributed by atoms with van der Waals surface area (Å²) in [6, 6.07) is 23.3. The third-order valence-corrected chi connectivity index (χ3v) is 7.20. The number of amides is 1. The summed E-state index contributed by atoms with van der Waals surface area (Å²) in [5.74, 6) is -0.00613. The molecule has 7 heteroatoms. The van der Waals surface area contributed by atoms with Crippen molar-refractivity contribution in [3.63, 3.8) is 0 Å². The second-order valence-electron chi connectivity index (χ2n) is 9.44. The van der Waals surface area contributed by atoms with E-state index in [0.717, 1.165) is 42.0 Å². The topological polar surface area (TPSA) is 50.6 Å². The van der Waals surface area contributed by atoms with Gasteiger partial charge in [0.15, 0.2) is 0 Å². The Balaban J connectivity index is 1.75. The summed E-state index contributed by atoms with van der Waals surface area (Å²) in [6.45, 7) is 3.04. The average Bonchev–Trinajstić information content (AvgIpc) is 3.39. The molecule has 0 spiro atoms. The van der Waals surface area contributed by atoms with Gasteiger partial charge in [-0.3, -0.25) is 4.79 Å². The lowest BCUT2D eigenvalue weighted by Crippen LogP contribution is -2.44. The molecule has 4 rings (SSSR count). The van der Waals surface area contributed by atoms with E-state index in [1.54, 1.807) is 18.2 Å². The minimum absolute atomic E-state index is 0.00613. The van der Waals surface area contributed by atoms with Crippen molar-refractivity contribution >= 4 is 34.8 Å². The summed E-state index contributed by atoms with van der Waals surface area (Å²) in [7, 11) is 3.79. The molecule has 3 aromatic rings. The molecule has 5 nitrogen and oxygen atoms in total. The number of hydrogen-bond acceptors (Lipinski definition) is 4. The predicted molar refractivity (Wildman–Crippen MR) is 148 cm³/mol. The number of likely N-dealkylation sites (N-methyl/N-ethyl adjacent to an activating group) is 1. The lowest BCUT2D eigenvalue weighted by molar-refractivity contribution is -0.119. The number of nitriles is 1. The van der Waals surface area contributed by atoms with Crippen molar-refractivity contribution in [2.45, 2.75) is 18.9 Å². The quantitative estimate of drug-likeness (QED) is 0.351. The highest BCUT2D eigenvalue weighted by atomic mass is 35.5. The highest BCUT2D eigenvalue weighted by Gasteiger charge is 2.30. The monoisotopic (exact) mass is 520 g/mol. The number of rotatable bonds is 8. The Morgan fingerprint density at radius 2 is 1.69 bits per heavy atom. The number of anilines is 1. The molecule has 0 aliphatic carbocycles. The van der Waals surface area contributed by atoms with Crippen LogP contribution < -0.4 is 4.90 Å². The second kappa shape index (κ2) is 11.9. The van der Waals surface area contributed by atoms with Gasteiger partial charge in [0.2, 0.25) is 5.91 Å². The zero-order valence-corrected chi connectivity index (χ0v) is 22.1. The van der Waals surface area contributed by atoms with Crippen LogP contribution in [0.5, 0.6) is 0 Å². The van der Waals surface area contributed by atoms with Crippen LogP contribution in [0.2, 0.25) is 10.0 Å². The largest absolute Gasteiger partial charge is 0.302 e. The lowest BCUT2D eigenvalue weighted by Gasteiger charge is -2.36. The number of hydrogen-bond donors (Lipinski definition) is 0. The molecule has 0 bridgehead atoms. The summed E-state index contributed by atoms with van der Waals surface area (Å²) in [5, 5.41) is 10.1. The van der Waals surface area contributed by atoms with E-state index in [9.17, 15) is 10.1 Å². The van der Waals surface area contributed by atoms with E-state index in [0.29, 0.717) is 15.6 Å². The molecule has 1 aliphatic heterocycles. The normalized spacial score (nSPS) is 14.6. The van der Waals surface area contributed by atoms with Crippen LogP contribution >= 0.6 is 23.2 Å². The van der Waals surface area contributed by atoms with Gasteiger partial charge in [0.1, 0.15) is 0 Å². The molecular formula is C29H30Cl2N4O. The van der Waals surface area contributed by atoms with Crippen LogP contribution in [0.4, 0.5) is 5.69 Å². The van der Waals surface area contributed by atoms with Gasteiger partial charge in [0, 0.05) is 12.2 Å². The Bertz CT molecular complexity index is 1250. The predicted octanol–water partition coefficient (Wildman–Crippen LogP) is 6.26. The number of carbonyl (C=O) groups excluding carboxylic acids is 1. The van der Waals surface area contributed by atoms with Gasteiger partial charge in [-0.25, -0.2) is 0 Å². The van der Waals surface area contributed by atoms with Gasteiger partial charge in [-0.2, -0.15) is 5.26 Å². The van der Waals surface area contributed by atoms with Gasteiger partial charge in [-0.05, 0) is 87.0 Å². The molecule has 0 radical (unpaired) electrons. The van der Waals surface area contributed by atoms with E-state index in [-0.39, 0.29) is 18.5 Å². The van der Waals surface area contributed by atoms with E-state index >= 15 is 0 Å². The van der Waals surface area contributed by atoms with Crippen LogP contribution in [0.15, 0.2) is 66.7 Å². The Kier molecular flexibility index (Phi) is 8.66. The van der Waals surface area contributed by atoms with Crippen LogP contribution in [-0.4, -0.2) is 56.0 Å². The molecule has 3 aromatic carbocycles. The van der Waals surface area contributed by atoms with Gasteiger partial charge < -0.3 is 14.7 Å². The highest BCUT2D eigenvalue weighted by Crippen LogP contribution is 2.34. The zero-order chi connectivity index (χ0) is 25.7. The summed E-state index contributed by atoms with van der Waals surface area (Å²) >= 11 is 12.6. The van der Waals surface area contributed by atoms with E-state index in [1.165, 1.54) is 12.8 Å². The van der Waals surface area contributed by atoms with Gasteiger partial charge in [0.25, 0.3) is 0 Å². The van der Waals surface area contributed by atoms with Crippen LogP contribution in [0.25, 0.3) is 11.1 Å². The highest BCUT2D eigenvalue weighted by molar-refractivity contribution is 6.42. The fourth-order valence-corrected chi connectivity index (χ4v) is 4.98. The molecule has 1 atom stereocenters. The van der Waals surface area contributed by atoms with Crippen molar-refractivity contribution in [3.8, 4) is 17.2 Å². The Morgan fingerprint density at radius 1 is 0.972 bits per heavy atom. The summed E-state index contributed by atoms with van der Waals surface area (Å²) in [5.41, 5.74) is 4.41. The van der Waals surface area contributed by atoms with Crippen LogP contribution in [0.3, 0.4) is 0 Å². The van der Waals surface area contributed by atoms with Crippen LogP contribution in [-0.2, 0) is 4.79 Å². The molecule has 1 aliphatic rings. The number of carbonyl (C=O) groups is 1. The molecule has 0 aromatic heterocycles. The molecule has 186 valence electrons. The minimum atomic E-state index is -0.202. The van der Waals surface area contributed by atoms with Gasteiger partial charge in [-0.15, -0.1) is 0 Å². The molecule has 1 amide bonds. The standard InChI is InChI=1S/C29H30Cl2N4O/c1-33(2)20-29(36)35(25-12-13-26(30)27(31)17-25)28(19-34-14-3-4-15-34)23-10-8-22(9-11-23)24-7-5-6-21(16-24)18-32/h5-13,16-17,28H,3-4,14-15,19-20H2,1-2H3. The van der Waals surface area contributed by atoms with Crippen molar-refractivity contribution in [2.24, 2.45) is 0 Å². The first-order valence-corrected chi connectivity index (χ1v) is 12.9. The average molecular weight is 521 g/mol. The third-order valence-electron chi connectivity index (χ3n) is 6.46. The second-order valence-corrected chi connectivity index (χ2v) is 10.3. The van der Waals surface area contributed by atoms with Gasteiger partial charge in [0.05, 0.1) is 34.3 Å². The smallest absolute Gasteiger partial charge is 0.241 e. The van der Waals surface area contributed by atoms with Gasteiger partial charge >= 0.3 is 0 Å². The molecule has 1 heterocycles. The van der Waals surface area contributed by atoms with Crippen LogP contribution in [0.1, 0.15) is 30.0 Å². The third kappa shape index (κ3) is 6.27. The Hall–Kier alpha value is -2.88. The number of benzene rings is 3. The molecule has 1 fully saturated rings. The lowest BCUT2D eigenvalue weighted by atomic mass is 9.98. The fraction of sp³-hybridized carbons (Fsp3) is 0.310. The number of likely N-dealkylation sites (tertiary alicyclic amines) is 1. The summed E-state index contributed by atoms with van der Waals surface area (Å²) < 4.78 is 0. The molecule has 1 unspecified atom stereocenters. The van der Waals surface area contributed by atoms with Crippen LogP contribution in [0, 0.1) is 11.3 Å². The molecule has 0 N–H and O–H groups in total. The maximum atomic E-state index is 13.7. The maximum absolute atomic E-state index is 13.7. The van der Waals surface area contributed by atoms with E-state index < -0.39 is 0 Å². The van der Waals surface area contributed by atoms with Gasteiger partial charge in [-0.1, -0.05) is 59.6 Å². The molecule has 36 heavy (non-hydrogen) atoms. The fourth-order valence-electron chi connectivity index (χ4n) is 4.69. The van der Waals surface area contributed by atoms with E-state index in [4.69, 9.17) is 23.2 Å².